The van der Waals surface area contributed by atoms with Crippen LogP contribution in [0.25, 0.3) is 0 Å². The zero-order valence-corrected chi connectivity index (χ0v) is 13.5. The third-order valence-electron chi connectivity index (χ3n) is 4.34. The number of benzene rings is 1. The maximum atomic E-state index is 12.4. The van der Waals surface area contributed by atoms with E-state index in [1.54, 1.807) is 0 Å². The summed E-state index contributed by atoms with van der Waals surface area (Å²) in [5.74, 6) is 0.388. The van der Waals surface area contributed by atoms with Crippen molar-refractivity contribution >= 4 is 5.91 Å². The highest BCUT2D eigenvalue weighted by molar-refractivity contribution is 5.79. The van der Waals surface area contributed by atoms with Crippen LogP contribution in [-0.4, -0.2) is 24.0 Å². The van der Waals surface area contributed by atoms with Crippen LogP contribution < -0.4 is 10.6 Å². The smallest absolute Gasteiger partial charge is 0.223 e. The molecule has 21 heavy (non-hydrogen) atoms. The number of rotatable bonds is 5. The van der Waals surface area contributed by atoms with Crippen LogP contribution in [-0.2, 0) is 11.2 Å². The molecular weight excluding hydrogens is 260 g/mol. The molecule has 0 bridgehead atoms. The quantitative estimate of drug-likeness (QED) is 0.874. The van der Waals surface area contributed by atoms with Crippen LogP contribution >= 0.6 is 0 Å². The van der Waals surface area contributed by atoms with E-state index in [4.69, 9.17) is 0 Å². The Hall–Kier alpha value is -1.35. The molecule has 1 aliphatic heterocycles. The van der Waals surface area contributed by atoms with Gasteiger partial charge < -0.3 is 10.6 Å². The Morgan fingerprint density at radius 1 is 1.33 bits per heavy atom. The summed E-state index contributed by atoms with van der Waals surface area (Å²) in [7, 11) is 0. The number of piperidine rings is 1. The fourth-order valence-electron chi connectivity index (χ4n) is 2.97. The van der Waals surface area contributed by atoms with Crippen LogP contribution in [0.3, 0.4) is 0 Å². The number of aryl methyl sites for hydroxylation is 1. The van der Waals surface area contributed by atoms with Gasteiger partial charge in [-0.3, -0.25) is 4.79 Å². The zero-order chi connectivity index (χ0) is 15.3. The van der Waals surface area contributed by atoms with E-state index in [-0.39, 0.29) is 17.4 Å². The van der Waals surface area contributed by atoms with E-state index >= 15 is 0 Å². The van der Waals surface area contributed by atoms with Gasteiger partial charge >= 0.3 is 0 Å². The molecule has 1 saturated heterocycles. The zero-order valence-electron chi connectivity index (χ0n) is 13.5. The minimum Gasteiger partial charge on any atom is -0.351 e. The molecule has 0 spiro atoms. The van der Waals surface area contributed by atoms with Crippen LogP contribution in [0, 0.1) is 5.92 Å². The number of amides is 1. The van der Waals surface area contributed by atoms with E-state index in [0.717, 1.165) is 32.2 Å². The molecule has 1 amide bonds. The number of hydrogen-bond donors (Lipinski definition) is 2. The number of carbonyl (C=O) groups excluding carboxylic acids is 1. The Labute approximate surface area is 128 Å². The normalized spacial score (nSPS) is 22.8. The fraction of sp³-hybridized carbons (Fsp3) is 0.611. The van der Waals surface area contributed by atoms with Crippen molar-refractivity contribution in [1.82, 2.24) is 10.6 Å². The molecule has 1 aliphatic rings. The predicted octanol–water partition coefficient (Wildman–Crippen LogP) is 2.90. The summed E-state index contributed by atoms with van der Waals surface area (Å²) < 4.78 is 0. The standard InChI is InChI=1S/C18H28N2O/c1-14-13-16(10-12-19-14)17(21)20-18(2,3)11-9-15-7-5-4-6-8-15/h4-8,14,16,19H,9-13H2,1-3H3,(H,20,21)/t14-,16-/m0/s1. The second-order valence-corrected chi connectivity index (χ2v) is 6.94. The SMILES string of the molecule is C[C@H]1C[C@@H](C(=O)NC(C)(C)CCc2ccccc2)CCN1. The molecule has 116 valence electrons. The second-order valence-electron chi connectivity index (χ2n) is 6.94. The second kappa shape index (κ2) is 7.08. The van der Waals surface area contributed by atoms with Crippen LogP contribution in [0.15, 0.2) is 30.3 Å². The summed E-state index contributed by atoms with van der Waals surface area (Å²) in [6.45, 7) is 7.35. The van der Waals surface area contributed by atoms with Crippen molar-refractivity contribution in [2.45, 2.75) is 58.0 Å². The van der Waals surface area contributed by atoms with Gasteiger partial charge in [0.1, 0.15) is 0 Å². The molecule has 2 N–H and O–H groups in total. The summed E-state index contributed by atoms with van der Waals surface area (Å²) >= 11 is 0. The van der Waals surface area contributed by atoms with Gasteiger partial charge in [-0.15, -0.1) is 0 Å². The minimum absolute atomic E-state index is 0.152. The molecule has 3 heteroatoms. The maximum Gasteiger partial charge on any atom is 0.223 e. The highest BCUT2D eigenvalue weighted by atomic mass is 16.2. The number of hydrogen-bond acceptors (Lipinski definition) is 2. The van der Waals surface area contributed by atoms with Gasteiger partial charge in [0.15, 0.2) is 0 Å². The highest BCUT2D eigenvalue weighted by Gasteiger charge is 2.28. The summed E-state index contributed by atoms with van der Waals surface area (Å²) in [5.41, 5.74) is 1.18. The van der Waals surface area contributed by atoms with Crippen molar-refractivity contribution in [3.05, 3.63) is 35.9 Å². The van der Waals surface area contributed by atoms with Crippen molar-refractivity contribution in [3.63, 3.8) is 0 Å². The summed E-state index contributed by atoms with van der Waals surface area (Å²) in [4.78, 5) is 12.4. The number of nitrogens with one attached hydrogen (secondary N) is 2. The van der Waals surface area contributed by atoms with Gasteiger partial charge in [-0.25, -0.2) is 0 Å². The third kappa shape index (κ3) is 5.16. The van der Waals surface area contributed by atoms with Crippen LogP contribution in [0.5, 0.6) is 0 Å². The van der Waals surface area contributed by atoms with E-state index in [9.17, 15) is 4.79 Å². The molecule has 2 atom stereocenters. The molecule has 1 fully saturated rings. The first-order valence-corrected chi connectivity index (χ1v) is 8.05. The van der Waals surface area contributed by atoms with Gasteiger partial charge in [0.2, 0.25) is 5.91 Å². The average molecular weight is 288 g/mol. The van der Waals surface area contributed by atoms with Crippen LogP contribution in [0.1, 0.15) is 45.6 Å². The third-order valence-corrected chi connectivity index (χ3v) is 4.34. The van der Waals surface area contributed by atoms with Gasteiger partial charge in [0.05, 0.1) is 0 Å². The molecule has 2 rings (SSSR count). The molecule has 3 nitrogen and oxygen atoms in total. The first-order chi connectivity index (χ1) is 9.96. The Bertz CT molecular complexity index is 456. The van der Waals surface area contributed by atoms with Gasteiger partial charge in [0, 0.05) is 17.5 Å². The number of carbonyl (C=O) groups is 1. The van der Waals surface area contributed by atoms with E-state index in [2.05, 4.69) is 55.7 Å². The van der Waals surface area contributed by atoms with Crippen molar-refractivity contribution in [2.75, 3.05) is 6.54 Å². The van der Waals surface area contributed by atoms with Crippen molar-refractivity contribution in [2.24, 2.45) is 5.92 Å². The monoisotopic (exact) mass is 288 g/mol. The van der Waals surface area contributed by atoms with Crippen molar-refractivity contribution in [3.8, 4) is 0 Å². The van der Waals surface area contributed by atoms with Gasteiger partial charge in [-0.1, -0.05) is 30.3 Å². The molecule has 1 aromatic carbocycles. The molecular formula is C18H28N2O. The van der Waals surface area contributed by atoms with Gasteiger partial charge in [-0.2, -0.15) is 0 Å². The lowest BCUT2D eigenvalue weighted by molar-refractivity contribution is -0.127. The molecule has 0 aromatic heterocycles. The fourth-order valence-corrected chi connectivity index (χ4v) is 2.97. The predicted molar refractivity (Wildman–Crippen MR) is 87.2 cm³/mol. The highest BCUT2D eigenvalue weighted by Crippen LogP contribution is 2.19. The molecule has 0 aliphatic carbocycles. The lowest BCUT2D eigenvalue weighted by Gasteiger charge is -2.32. The van der Waals surface area contributed by atoms with Gasteiger partial charge in [0.25, 0.3) is 0 Å². The van der Waals surface area contributed by atoms with E-state index in [0.29, 0.717) is 6.04 Å². The van der Waals surface area contributed by atoms with Crippen LogP contribution in [0.4, 0.5) is 0 Å². The average Bonchev–Trinajstić information content (AvgIpc) is 2.46. The maximum absolute atomic E-state index is 12.4. The minimum atomic E-state index is -0.152. The van der Waals surface area contributed by atoms with Crippen molar-refractivity contribution < 1.29 is 4.79 Å². The first kappa shape index (κ1) is 16.0. The van der Waals surface area contributed by atoms with E-state index in [1.807, 2.05) is 6.07 Å². The Morgan fingerprint density at radius 2 is 2.05 bits per heavy atom. The Morgan fingerprint density at radius 3 is 2.71 bits per heavy atom. The molecule has 0 saturated carbocycles. The summed E-state index contributed by atoms with van der Waals surface area (Å²) in [5, 5.41) is 6.65. The van der Waals surface area contributed by atoms with Crippen LogP contribution in [0.2, 0.25) is 0 Å². The van der Waals surface area contributed by atoms with E-state index in [1.165, 1.54) is 5.56 Å². The topological polar surface area (TPSA) is 41.1 Å². The van der Waals surface area contributed by atoms with Crippen molar-refractivity contribution in [1.29, 1.82) is 0 Å². The lowest BCUT2D eigenvalue weighted by atomic mass is 9.90. The largest absolute Gasteiger partial charge is 0.351 e. The molecule has 1 heterocycles. The first-order valence-electron chi connectivity index (χ1n) is 8.05. The Balaban J connectivity index is 1.83. The lowest BCUT2D eigenvalue weighted by Crippen LogP contribution is -2.49. The summed E-state index contributed by atoms with van der Waals surface area (Å²) in [6.07, 6.45) is 3.85. The summed E-state index contributed by atoms with van der Waals surface area (Å²) in [6, 6.07) is 10.9. The Kier molecular flexibility index (Phi) is 5.40. The molecule has 0 unspecified atom stereocenters. The molecule has 1 aromatic rings. The van der Waals surface area contributed by atoms with E-state index < -0.39 is 0 Å². The molecule has 0 radical (unpaired) electrons. The van der Waals surface area contributed by atoms with Gasteiger partial charge in [-0.05, 0) is 58.6 Å².